The van der Waals surface area contributed by atoms with Crippen LogP contribution in [0, 0.1) is 6.92 Å². The topological polar surface area (TPSA) is 111 Å². The number of H-pyrrole nitrogens is 2. The summed E-state index contributed by atoms with van der Waals surface area (Å²) >= 11 is 1.73. The molecule has 8 nitrogen and oxygen atoms in total. The van der Waals surface area contributed by atoms with Gasteiger partial charge in [-0.15, -0.1) is 11.3 Å². The Labute approximate surface area is 244 Å². The van der Waals surface area contributed by atoms with Crippen LogP contribution >= 0.6 is 11.3 Å². The molecule has 0 unspecified atom stereocenters. The van der Waals surface area contributed by atoms with E-state index in [2.05, 4.69) is 80.5 Å². The van der Waals surface area contributed by atoms with Gasteiger partial charge in [-0.1, -0.05) is 39.2 Å². The van der Waals surface area contributed by atoms with Crippen molar-refractivity contribution in [2.45, 2.75) is 33.7 Å². The second-order valence-corrected chi connectivity index (χ2v) is 11.0. The van der Waals surface area contributed by atoms with Gasteiger partial charge in [-0.25, -0.2) is 9.98 Å². The summed E-state index contributed by atoms with van der Waals surface area (Å²) in [5.41, 5.74) is 14.5. The highest BCUT2D eigenvalue weighted by atomic mass is 32.1. The third-order valence-corrected chi connectivity index (χ3v) is 8.20. The number of aliphatic imine (C=N–C) groups is 2. The van der Waals surface area contributed by atoms with Crippen LogP contribution in [-0.4, -0.2) is 62.8 Å². The first-order valence-corrected chi connectivity index (χ1v) is 14.7. The highest BCUT2D eigenvalue weighted by molar-refractivity contribution is 7.14. The zero-order chi connectivity index (χ0) is 29.1. The Morgan fingerprint density at radius 3 is 2.68 bits per heavy atom. The van der Waals surface area contributed by atoms with Gasteiger partial charge in [-0.2, -0.15) is 5.10 Å². The quantitative estimate of drug-likeness (QED) is 0.233. The number of allylic oxidation sites excluding steroid dienone is 3. The summed E-state index contributed by atoms with van der Waals surface area (Å²) in [4.78, 5) is 22.1. The first-order chi connectivity index (χ1) is 19.9. The molecule has 6 heterocycles. The number of hydrogen-bond acceptors (Lipinski definition) is 7. The zero-order valence-electron chi connectivity index (χ0n) is 24.0. The molecule has 0 saturated carbocycles. The van der Waals surface area contributed by atoms with Crippen molar-refractivity contribution in [1.29, 1.82) is 0 Å². The van der Waals surface area contributed by atoms with Gasteiger partial charge in [-0.05, 0) is 49.8 Å². The van der Waals surface area contributed by atoms with Gasteiger partial charge in [0.25, 0.3) is 0 Å². The SMILES string of the molecule is C=C/C=C(/c1ccc(C(=C)C)s1)c1cc(-c2[nH]nc3ncc(C4=CCN=CC(N5CC(N)C5)=N4)cc23)[nH]c1C.CC. The van der Waals surface area contributed by atoms with Gasteiger partial charge in [0.05, 0.1) is 29.8 Å². The van der Waals surface area contributed by atoms with E-state index in [1.54, 1.807) is 11.3 Å². The number of nitrogens with two attached hydrogens (primary N) is 1. The van der Waals surface area contributed by atoms with E-state index in [1.807, 2.05) is 45.3 Å². The molecule has 0 amide bonds. The summed E-state index contributed by atoms with van der Waals surface area (Å²) in [5, 5.41) is 8.60. The number of aromatic amines is 2. The van der Waals surface area contributed by atoms with Crippen molar-refractivity contribution in [1.82, 2.24) is 25.1 Å². The number of fused-ring (bicyclic) bond motifs is 1. The largest absolute Gasteiger partial charge is 0.357 e. The van der Waals surface area contributed by atoms with Crippen molar-refractivity contribution in [2.24, 2.45) is 15.7 Å². The minimum Gasteiger partial charge on any atom is -0.357 e. The van der Waals surface area contributed by atoms with E-state index in [4.69, 9.17) is 10.7 Å². The van der Waals surface area contributed by atoms with Gasteiger partial charge in [0.15, 0.2) is 5.65 Å². The molecule has 2 aliphatic heterocycles. The molecule has 4 N–H and O–H groups in total. The molecular formula is C32H36N8S. The van der Waals surface area contributed by atoms with Gasteiger partial charge < -0.3 is 15.6 Å². The molecule has 6 rings (SSSR count). The van der Waals surface area contributed by atoms with E-state index < -0.39 is 0 Å². The van der Waals surface area contributed by atoms with Crippen LogP contribution in [0.5, 0.6) is 0 Å². The molecule has 1 fully saturated rings. The van der Waals surface area contributed by atoms with Gasteiger partial charge in [0, 0.05) is 62.9 Å². The molecule has 0 spiro atoms. The van der Waals surface area contributed by atoms with E-state index in [1.165, 1.54) is 9.75 Å². The van der Waals surface area contributed by atoms with Crippen LogP contribution in [0.3, 0.4) is 0 Å². The predicted molar refractivity (Wildman–Crippen MR) is 174 cm³/mol. The van der Waals surface area contributed by atoms with Crippen molar-refractivity contribution in [3.8, 4) is 11.4 Å². The summed E-state index contributed by atoms with van der Waals surface area (Å²) in [6, 6.07) is 8.70. The molecule has 0 aliphatic carbocycles. The monoisotopic (exact) mass is 564 g/mol. The number of nitrogens with one attached hydrogen (secondary N) is 2. The maximum atomic E-state index is 5.99. The Morgan fingerprint density at radius 2 is 1.98 bits per heavy atom. The molecular weight excluding hydrogens is 528 g/mol. The number of nitrogens with zero attached hydrogens (tertiary/aromatic N) is 5. The van der Waals surface area contributed by atoms with E-state index in [0.29, 0.717) is 12.2 Å². The van der Waals surface area contributed by atoms with Crippen LogP contribution in [0.15, 0.2) is 71.8 Å². The second-order valence-electron chi connectivity index (χ2n) is 9.89. The van der Waals surface area contributed by atoms with E-state index in [-0.39, 0.29) is 6.04 Å². The molecule has 9 heteroatoms. The normalized spacial score (nSPS) is 15.5. The van der Waals surface area contributed by atoms with Crippen LogP contribution in [0.4, 0.5) is 0 Å². The number of pyridine rings is 1. The number of rotatable bonds is 6. The molecule has 1 saturated heterocycles. The molecule has 210 valence electrons. The molecule has 4 aromatic heterocycles. The van der Waals surface area contributed by atoms with Gasteiger partial charge in [-0.3, -0.25) is 10.1 Å². The van der Waals surface area contributed by atoms with Crippen molar-refractivity contribution in [3.63, 3.8) is 0 Å². The fraction of sp³-hybridized carbons (Fsp3) is 0.250. The number of amidine groups is 1. The van der Waals surface area contributed by atoms with Gasteiger partial charge in [0.2, 0.25) is 0 Å². The average Bonchev–Trinajstić information content (AvgIpc) is 3.66. The third kappa shape index (κ3) is 5.64. The van der Waals surface area contributed by atoms with Crippen LogP contribution in [0.1, 0.15) is 47.3 Å². The number of hydrogen-bond donors (Lipinski definition) is 3. The molecule has 2 aliphatic rings. The lowest BCUT2D eigenvalue weighted by Gasteiger charge is -2.38. The second kappa shape index (κ2) is 12.0. The number of thiophene rings is 1. The molecule has 0 aromatic carbocycles. The maximum absolute atomic E-state index is 5.99. The predicted octanol–water partition coefficient (Wildman–Crippen LogP) is 6.47. The van der Waals surface area contributed by atoms with Crippen LogP contribution < -0.4 is 5.73 Å². The smallest absolute Gasteiger partial charge is 0.181 e. The fourth-order valence-electron chi connectivity index (χ4n) is 4.86. The molecule has 0 atom stereocenters. The Balaban J connectivity index is 0.00000165. The van der Waals surface area contributed by atoms with Crippen molar-refractivity contribution >= 4 is 51.3 Å². The van der Waals surface area contributed by atoms with Gasteiger partial charge in [0.1, 0.15) is 5.84 Å². The highest BCUT2D eigenvalue weighted by Crippen LogP contribution is 2.36. The summed E-state index contributed by atoms with van der Waals surface area (Å²) in [6.45, 7) is 18.3. The van der Waals surface area contributed by atoms with Crippen molar-refractivity contribution < 1.29 is 0 Å². The Bertz CT molecular complexity index is 1720. The van der Waals surface area contributed by atoms with Crippen molar-refractivity contribution in [3.05, 3.63) is 88.4 Å². The summed E-state index contributed by atoms with van der Waals surface area (Å²) in [6.07, 6.45) is 9.56. The van der Waals surface area contributed by atoms with Crippen LogP contribution in [0.25, 0.3) is 39.3 Å². The number of likely N-dealkylation sites (tertiary alicyclic amines) is 1. The van der Waals surface area contributed by atoms with Crippen LogP contribution in [-0.2, 0) is 0 Å². The minimum absolute atomic E-state index is 0.187. The molecule has 0 radical (unpaired) electrons. The molecule has 41 heavy (non-hydrogen) atoms. The first kappa shape index (κ1) is 28.2. The fourth-order valence-corrected chi connectivity index (χ4v) is 5.83. The molecule has 0 bridgehead atoms. The lowest BCUT2D eigenvalue weighted by molar-refractivity contribution is 0.258. The Morgan fingerprint density at radius 1 is 1.20 bits per heavy atom. The third-order valence-electron chi connectivity index (χ3n) is 6.92. The van der Waals surface area contributed by atoms with E-state index in [0.717, 1.165) is 69.4 Å². The average molecular weight is 565 g/mol. The Hall–Kier alpha value is -4.34. The van der Waals surface area contributed by atoms with E-state index >= 15 is 0 Å². The molecule has 4 aromatic rings. The standard InChI is InChI=1S/C30H30N8S.C2H6/c1-5-6-21(27-8-7-26(39-27)17(2)3)22-12-25(34-18(22)4)29-23-11-19(13-33-30(23)37-36-29)24-9-10-32-14-28(35-24)38-15-20(31)16-38;1-2/h5-9,11-14,20,34H,1-2,10,15-16,31H2,3-4H3,(H,33,36,37);1-2H3/b21-6+;. The number of aryl methyl sites for hydroxylation is 1. The van der Waals surface area contributed by atoms with Gasteiger partial charge >= 0.3 is 0 Å². The summed E-state index contributed by atoms with van der Waals surface area (Å²) in [7, 11) is 0. The highest BCUT2D eigenvalue weighted by Gasteiger charge is 2.26. The first-order valence-electron chi connectivity index (χ1n) is 13.8. The maximum Gasteiger partial charge on any atom is 0.181 e. The summed E-state index contributed by atoms with van der Waals surface area (Å²) < 4.78 is 0. The zero-order valence-corrected chi connectivity index (χ0v) is 24.8. The van der Waals surface area contributed by atoms with Crippen molar-refractivity contribution in [2.75, 3.05) is 19.6 Å². The lowest BCUT2D eigenvalue weighted by atomic mass is 10.0. The van der Waals surface area contributed by atoms with Crippen LogP contribution in [0.2, 0.25) is 0 Å². The lowest BCUT2D eigenvalue weighted by Crippen LogP contribution is -2.58. The Kier molecular flexibility index (Phi) is 8.28. The summed E-state index contributed by atoms with van der Waals surface area (Å²) in [5.74, 6) is 0.836. The number of aromatic nitrogens is 4. The van der Waals surface area contributed by atoms with E-state index in [9.17, 15) is 0 Å². The minimum atomic E-state index is 0.187.